The molecular weight excluding hydrogens is 300 g/mol. The molecule has 2 aromatic rings. The molecule has 1 aromatic heterocycles. The summed E-state index contributed by atoms with van der Waals surface area (Å²) in [5.74, 6) is 3.45. The Morgan fingerprint density at radius 2 is 1.67 bits per heavy atom. The number of nitrogens with zero attached hydrogens (tertiary/aromatic N) is 3. The maximum absolute atomic E-state index is 5.47. The highest BCUT2D eigenvalue weighted by Gasteiger charge is 2.09. The first kappa shape index (κ1) is 18.0. The molecule has 0 saturated carbocycles. The molecule has 0 unspecified atom stereocenters. The Labute approximate surface area is 145 Å². The number of aryl methyl sites for hydroxylation is 1. The number of nitrogens with one attached hydrogen (secondary N) is 1. The Morgan fingerprint density at radius 3 is 2.25 bits per heavy atom. The molecule has 2 rings (SSSR count). The lowest BCUT2D eigenvalue weighted by Crippen LogP contribution is -2.26. The van der Waals surface area contributed by atoms with E-state index in [4.69, 9.17) is 4.74 Å². The topological polar surface area (TPSA) is 50.3 Å². The van der Waals surface area contributed by atoms with Gasteiger partial charge in [-0.05, 0) is 51.0 Å². The molecule has 0 atom stereocenters. The second-order valence-corrected chi connectivity index (χ2v) is 5.73. The van der Waals surface area contributed by atoms with E-state index >= 15 is 0 Å². The molecule has 0 bridgehead atoms. The minimum Gasteiger partial charge on any atom is -0.494 e. The predicted molar refractivity (Wildman–Crippen MR) is 100 cm³/mol. The molecule has 0 aliphatic rings. The summed E-state index contributed by atoms with van der Waals surface area (Å²) in [6, 6.07) is 9.94. The summed E-state index contributed by atoms with van der Waals surface area (Å²) < 4.78 is 5.47. The minimum atomic E-state index is 0.673. The molecule has 0 radical (unpaired) electrons. The zero-order valence-corrected chi connectivity index (χ0v) is 15.2. The van der Waals surface area contributed by atoms with Crippen molar-refractivity contribution in [3.63, 3.8) is 0 Å². The number of benzene rings is 1. The SMILES string of the molecule is CCCN(CCC)c1cc(Nc2ccc(OCC)cc2)nc(C)n1. The van der Waals surface area contributed by atoms with Crippen LogP contribution < -0.4 is 15.0 Å². The number of hydrogen-bond donors (Lipinski definition) is 1. The summed E-state index contributed by atoms with van der Waals surface area (Å²) in [6.07, 6.45) is 2.20. The van der Waals surface area contributed by atoms with Gasteiger partial charge in [-0.2, -0.15) is 0 Å². The van der Waals surface area contributed by atoms with Gasteiger partial charge in [0.15, 0.2) is 0 Å². The molecule has 0 saturated heterocycles. The van der Waals surface area contributed by atoms with Crippen LogP contribution in [-0.4, -0.2) is 29.7 Å². The van der Waals surface area contributed by atoms with Gasteiger partial charge in [-0.15, -0.1) is 0 Å². The first-order valence-electron chi connectivity index (χ1n) is 8.76. The normalized spacial score (nSPS) is 10.5. The van der Waals surface area contributed by atoms with Gasteiger partial charge in [0.05, 0.1) is 6.61 Å². The molecule has 0 spiro atoms. The molecule has 5 nitrogen and oxygen atoms in total. The molecule has 24 heavy (non-hydrogen) atoms. The van der Waals surface area contributed by atoms with Gasteiger partial charge in [0.25, 0.3) is 0 Å². The summed E-state index contributed by atoms with van der Waals surface area (Å²) in [5, 5.41) is 3.36. The van der Waals surface area contributed by atoms with E-state index in [1.54, 1.807) is 0 Å². The molecule has 0 aliphatic carbocycles. The fourth-order valence-electron chi connectivity index (χ4n) is 2.61. The van der Waals surface area contributed by atoms with Crippen LogP contribution in [0.4, 0.5) is 17.3 Å². The molecule has 0 fully saturated rings. The third-order valence-electron chi connectivity index (χ3n) is 3.57. The standard InChI is InChI=1S/C19H28N4O/c1-5-12-23(13-6-2)19-14-18(20-15(4)21-19)22-16-8-10-17(11-9-16)24-7-3/h8-11,14H,5-7,12-13H2,1-4H3,(H,20,21,22). The summed E-state index contributed by atoms with van der Waals surface area (Å²) in [4.78, 5) is 11.4. The Bertz CT molecular complexity index is 622. The van der Waals surface area contributed by atoms with Gasteiger partial charge in [-0.25, -0.2) is 9.97 Å². The molecule has 0 aliphatic heterocycles. The van der Waals surface area contributed by atoms with Crippen molar-refractivity contribution < 1.29 is 4.74 Å². The summed E-state index contributed by atoms with van der Waals surface area (Å²) in [5.41, 5.74) is 0.986. The van der Waals surface area contributed by atoms with Crippen LogP contribution in [-0.2, 0) is 0 Å². The van der Waals surface area contributed by atoms with Crippen LogP contribution in [0.5, 0.6) is 5.75 Å². The smallest absolute Gasteiger partial charge is 0.136 e. The van der Waals surface area contributed by atoms with Crippen LogP contribution in [0.2, 0.25) is 0 Å². The van der Waals surface area contributed by atoms with Gasteiger partial charge in [0.2, 0.25) is 0 Å². The van der Waals surface area contributed by atoms with E-state index in [-0.39, 0.29) is 0 Å². The molecule has 5 heteroatoms. The van der Waals surface area contributed by atoms with Gasteiger partial charge in [-0.1, -0.05) is 13.8 Å². The predicted octanol–water partition coefficient (Wildman–Crippen LogP) is 4.55. The van der Waals surface area contributed by atoms with E-state index < -0.39 is 0 Å². The minimum absolute atomic E-state index is 0.673. The highest BCUT2D eigenvalue weighted by molar-refractivity contribution is 5.60. The van der Waals surface area contributed by atoms with Crippen LogP contribution in [0.1, 0.15) is 39.4 Å². The van der Waals surface area contributed by atoms with E-state index in [1.807, 2.05) is 44.2 Å². The molecule has 130 valence electrons. The Morgan fingerprint density at radius 1 is 1.00 bits per heavy atom. The van der Waals surface area contributed by atoms with Crippen molar-refractivity contribution in [2.24, 2.45) is 0 Å². The van der Waals surface area contributed by atoms with E-state index in [0.29, 0.717) is 6.61 Å². The zero-order valence-electron chi connectivity index (χ0n) is 15.2. The lowest BCUT2D eigenvalue weighted by Gasteiger charge is -2.23. The fourth-order valence-corrected chi connectivity index (χ4v) is 2.61. The van der Waals surface area contributed by atoms with Crippen LogP contribution in [0.3, 0.4) is 0 Å². The van der Waals surface area contributed by atoms with E-state index in [0.717, 1.165) is 54.8 Å². The van der Waals surface area contributed by atoms with Crippen molar-refractivity contribution in [2.75, 3.05) is 29.9 Å². The molecule has 1 heterocycles. The maximum atomic E-state index is 5.47. The summed E-state index contributed by atoms with van der Waals surface area (Å²) in [6.45, 7) is 11.0. The monoisotopic (exact) mass is 328 g/mol. The van der Waals surface area contributed by atoms with E-state index in [2.05, 4.69) is 34.0 Å². The lowest BCUT2D eigenvalue weighted by molar-refractivity contribution is 0.340. The zero-order chi connectivity index (χ0) is 17.4. The third-order valence-corrected chi connectivity index (χ3v) is 3.57. The maximum Gasteiger partial charge on any atom is 0.136 e. The number of rotatable bonds is 9. The summed E-state index contributed by atoms with van der Waals surface area (Å²) >= 11 is 0. The molecule has 1 aromatic carbocycles. The van der Waals surface area contributed by atoms with Crippen LogP contribution >= 0.6 is 0 Å². The first-order valence-corrected chi connectivity index (χ1v) is 8.76. The van der Waals surface area contributed by atoms with Crippen LogP contribution in [0, 0.1) is 6.92 Å². The fraction of sp³-hybridized carbons (Fsp3) is 0.474. The van der Waals surface area contributed by atoms with Crippen molar-refractivity contribution in [1.82, 2.24) is 9.97 Å². The Kier molecular flexibility index (Phi) is 6.85. The summed E-state index contributed by atoms with van der Waals surface area (Å²) in [7, 11) is 0. The van der Waals surface area contributed by atoms with Crippen molar-refractivity contribution in [2.45, 2.75) is 40.5 Å². The van der Waals surface area contributed by atoms with Gasteiger partial charge < -0.3 is 15.0 Å². The van der Waals surface area contributed by atoms with E-state index in [9.17, 15) is 0 Å². The molecule has 1 N–H and O–H groups in total. The van der Waals surface area contributed by atoms with Crippen LogP contribution in [0.15, 0.2) is 30.3 Å². The highest BCUT2D eigenvalue weighted by Crippen LogP contribution is 2.22. The van der Waals surface area contributed by atoms with Crippen molar-refractivity contribution in [1.29, 1.82) is 0 Å². The van der Waals surface area contributed by atoms with Crippen molar-refractivity contribution in [3.05, 3.63) is 36.2 Å². The van der Waals surface area contributed by atoms with E-state index in [1.165, 1.54) is 0 Å². The average Bonchev–Trinajstić information content (AvgIpc) is 2.56. The van der Waals surface area contributed by atoms with Gasteiger partial charge >= 0.3 is 0 Å². The number of hydrogen-bond acceptors (Lipinski definition) is 5. The Balaban J connectivity index is 2.17. The second-order valence-electron chi connectivity index (χ2n) is 5.73. The quantitative estimate of drug-likeness (QED) is 0.731. The lowest BCUT2D eigenvalue weighted by atomic mass is 10.3. The molecule has 0 amide bonds. The van der Waals surface area contributed by atoms with Gasteiger partial charge in [0, 0.05) is 24.8 Å². The largest absolute Gasteiger partial charge is 0.494 e. The van der Waals surface area contributed by atoms with Gasteiger partial charge in [-0.3, -0.25) is 0 Å². The first-order chi connectivity index (χ1) is 11.7. The van der Waals surface area contributed by atoms with Crippen molar-refractivity contribution >= 4 is 17.3 Å². The van der Waals surface area contributed by atoms with Gasteiger partial charge in [0.1, 0.15) is 23.2 Å². The number of anilines is 3. The highest BCUT2D eigenvalue weighted by atomic mass is 16.5. The molecular formula is C19H28N4O. The average molecular weight is 328 g/mol. The number of aromatic nitrogens is 2. The third kappa shape index (κ3) is 5.11. The van der Waals surface area contributed by atoms with Crippen LogP contribution in [0.25, 0.3) is 0 Å². The second kappa shape index (κ2) is 9.11. The van der Waals surface area contributed by atoms with Crippen molar-refractivity contribution in [3.8, 4) is 5.75 Å². The number of ether oxygens (including phenoxy) is 1. The Hall–Kier alpha value is -2.30.